The van der Waals surface area contributed by atoms with Gasteiger partial charge in [0.25, 0.3) is 0 Å². The van der Waals surface area contributed by atoms with Crippen LogP contribution in [-0.4, -0.2) is 57.5 Å². The van der Waals surface area contributed by atoms with Gasteiger partial charge in [0, 0.05) is 30.5 Å². The van der Waals surface area contributed by atoms with Crippen molar-refractivity contribution in [1.29, 1.82) is 0 Å². The average molecular weight is 555 g/mol. The molecule has 0 saturated carbocycles. The zero-order valence-electron chi connectivity index (χ0n) is 23.7. The molecule has 5 rings (SSSR count). The van der Waals surface area contributed by atoms with Crippen molar-refractivity contribution in [2.24, 2.45) is 0 Å². The zero-order valence-corrected chi connectivity index (χ0v) is 23.7. The van der Waals surface area contributed by atoms with Gasteiger partial charge in [0.05, 0.1) is 5.52 Å². The molecule has 0 spiro atoms. The van der Waals surface area contributed by atoms with Crippen LogP contribution in [0.2, 0.25) is 0 Å². The number of para-hydroxylation sites is 1. The van der Waals surface area contributed by atoms with Gasteiger partial charge in [-0.25, -0.2) is 14.4 Å². The number of aromatic nitrogens is 1. The second-order valence-corrected chi connectivity index (χ2v) is 11.2. The SMILES string of the molecule is CCN(C(=O)OCC1c2ccccc2-c2ccccc21)[C@@H](Cc1cn(C(=O)OC(C)(C)C)c2ccccc12)C(=O)O. The van der Waals surface area contributed by atoms with Gasteiger partial charge in [-0.15, -0.1) is 0 Å². The van der Waals surface area contributed by atoms with E-state index in [0.717, 1.165) is 22.3 Å². The number of hydrogen-bond acceptors (Lipinski definition) is 5. The molecule has 8 nitrogen and oxygen atoms in total. The Morgan fingerprint density at radius 1 is 0.927 bits per heavy atom. The fourth-order valence-electron chi connectivity index (χ4n) is 5.57. The molecule has 1 heterocycles. The van der Waals surface area contributed by atoms with Gasteiger partial charge in [0.15, 0.2) is 0 Å². The first-order valence-electron chi connectivity index (χ1n) is 13.8. The van der Waals surface area contributed by atoms with Crippen LogP contribution in [-0.2, 0) is 20.7 Å². The van der Waals surface area contributed by atoms with E-state index < -0.39 is 29.8 Å². The van der Waals surface area contributed by atoms with Crippen molar-refractivity contribution in [3.63, 3.8) is 0 Å². The second kappa shape index (κ2) is 11.1. The van der Waals surface area contributed by atoms with E-state index in [-0.39, 0.29) is 25.5 Å². The summed E-state index contributed by atoms with van der Waals surface area (Å²) in [5.74, 6) is -1.30. The number of amides is 1. The number of hydrogen-bond donors (Lipinski definition) is 1. The number of benzene rings is 3. The van der Waals surface area contributed by atoms with E-state index in [2.05, 4.69) is 12.1 Å². The van der Waals surface area contributed by atoms with E-state index in [1.165, 1.54) is 9.47 Å². The van der Waals surface area contributed by atoms with Crippen LogP contribution in [0, 0.1) is 0 Å². The highest BCUT2D eigenvalue weighted by molar-refractivity contribution is 5.93. The molecule has 8 heteroatoms. The summed E-state index contributed by atoms with van der Waals surface area (Å²) in [7, 11) is 0. The van der Waals surface area contributed by atoms with E-state index >= 15 is 0 Å². The lowest BCUT2D eigenvalue weighted by Gasteiger charge is -2.27. The Hall–Kier alpha value is -4.59. The molecule has 1 N–H and O–H groups in total. The van der Waals surface area contributed by atoms with Gasteiger partial charge in [-0.2, -0.15) is 0 Å². The van der Waals surface area contributed by atoms with Gasteiger partial charge >= 0.3 is 18.2 Å². The van der Waals surface area contributed by atoms with Gasteiger partial charge in [-0.1, -0.05) is 66.7 Å². The molecule has 1 aliphatic rings. The van der Waals surface area contributed by atoms with E-state index in [0.29, 0.717) is 16.5 Å². The van der Waals surface area contributed by atoms with Crippen molar-refractivity contribution in [2.45, 2.75) is 51.7 Å². The summed E-state index contributed by atoms with van der Waals surface area (Å²) in [4.78, 5) is 40.1. The maximum atomic E-state index is 13.4. The van der Waals surface area contributed by atoms with Crippen LogP contribution < -0.4 is 0 Å². The normalized spacial score (nSPS) is 13.4. The summed E-state index contributed by atoms with van der Waals surface area (Å²) in [6.45, 7) is 7.30. The summed E-state index contributed by atoms with van der Waals surface area (Å²) in [5.41, 5.74) is 4.90. The molecule has 212 valence electrons. The summed E-state index contributed by atoms with van der Waals surface area (Å²) in [5, 5.41) is 10.9. The second-order valence-electron chi connectivity index (χ2n) is 11.2. The Bertz CT molecular complexity index is 1570. The van der Waals surface area contributed by atoms with Crippen LogP contribution in [0.3, 0.4) is 0 Å². The molecule has 0 unspecified atom stereocenters. The molecule has 0 saturated heterocycles. The number of aliphatic carboxylic acids is 1. The van der Waals surface area contributed by atoms with Crippen LogP contribution in [0.5, 0.6) is 0 Å². The van der Waals surface area contributed by atoms with Crippen LogP contribution in [0.4, 0.5) is 9.59 Å². The summed E-state index contributed by atoms with van der Waals surface area (Å²) < 4.78 is 12.7. The lowest BCUT2D eigenvalue weighted by molar-refractivity contribution is -0.142. The Kier molecular flexibility index (Phi) is 7.58. The topological polar surface area (TPSA) is 98.1 Å². The van der Waals surface area contributed by atoms with Gasteiger partial charge in [-0.05, 0) is 61.6 Å². The Morgan fingerprint density at radius 2 is 1.51 bits per heavy atom. The number of carboxylic acids is 1. The molecular formula is C33H34N2O6. The van der Waals surface area contributed by atoms with E-state index in [4.69, 9.17) is 9.47 Å². The van der Waals surface area contributed by atoms with Crippen molar-refractivity contribution in [2.75, 3.05) is 13.2 Å². The maximum absolute atomic E-state index is 13.4. The average Bonchev–Trinajstić information content (AvgIpc) is 3.47. The number of nitrogens with zero attached hydrogens (tertiary/aromatic N) is 2. The highest BCUT2D eigenvalue weighted by atomic mass is 16.6. The van der Waals surface area contributed by atoms with Crippen molar-refractivity contribution in [3.8, 4) is 11.1 Å². The molecule has 0 aliphatic heterocycles. The standard InChI is InChI=1S/C33H34N2O6/c1-5-34(31(38)40-20-27-25-15-8-6-13-23(25)24-14-7-9-16-26(24)27)29(30(36)37)18-21-19-35(32(39)41-33(2,3)4)28-17-11-10-12-22(21)28/h6-17,19,27,29H,5,18,20H2,1-4H3,(H,36,37)/t29-/m0/s1. The molecular weight excluding hydrogens is 520 g/mol. The fourth-order valence-corrected chi connectivity index (χ4v) is 5.57. The largest absolute Gasteiger partial charge is 0.480 e. The molecule has 4 aromatic rings. The lowest BCUT2D eigenvalue weighted by atomic mass is 9.98. The Labute approximate surface area is 239 Å². The number of likely N-dealkylation sites (N-methyl/N-ethyl adjacent to an activating group) is 1. The number of rotatable bonds is 7. The van der Waals surface area contributed by atoms with E-state index in [1.807, 2.05) is 48.5 Å². The number of carbonyl (C=O) groups is 3. The summed E-state index contributed by atoms with van der Waals surface area (Å²) >= 11 is 0. The molecule has 0 fully saturated rings. The molecule has 1 atom stereocenters. The molecule has 0 radical (unpaired) electrons. The highest BCUT2D eigenvalue weighted by Gasteiger charge is 2.34. The third kappa shape index (κ3) is 5.55. The monoisotopic (exact) mass is 554 g/mol. The van der Waals surface area contributed by atoms with Crippen molar-refractivity contribution < 1.29 is 29.0 Å². The van der Waals surface area contributed by atoms with Crippen LogP contribution in [0.25, 0.3) is 22.0 Å². The first-order chi connectivity index (χ1) is 19.6. The van der Waals surface area contributed by atoms with Crippen LogP contribution >= 0.6 is 0 Å². The third-order valence-corrected chi connectivity index (χ3v) is 7.37. The number of ether oxygens (including phenoxy) is 2. The molecule has 41 heavy (non-hydrogen) atoms. The Balaban J connectivity index is 1.38. The maximum Gasteiger partial charge on any atom is 0.419 e. The smallest absolute Gasteiger partial charge is 0.419 e. The van der Waals surface area contributed by atoms with E-state index in [1.54, 1.807) is 46.0 Å². The zero-order chi connectivity index (χ0) is 29.3. The third-order valence-electron chi connectivity index (χ3n) is 7.37. The number of carbonyl (C=O) groups excluding carboxylic acids is 2. The van der Waals surface area contributed by atoms with Crippen LogP contribution in [0.1, 0.15) is 50.3 Å². The lowest BCUT2D eigenvalue weighted by Crippen LogP contribution is -2.46. The minimum atomic E-state index is -1.20. The van der Waals surface area contributed by atoms with Gasteiger partial charge in [0.1, 0.15) is 18.2 Å². The van der Waals surface area contributed by atoms with E-state index in [9.17, 15) is 19.5 Å². The molecule has 1 amide bonds. The fraction of sp³-hybridized carbons (Fsp3) is 0.303. The molecule has 3 aromatic carbocycles. The van der Waals surface area contributed by atoms with Crippen molar-refractivity contribution >= 4 is 29.1 Å². The summed E-state index contributed by atoms with van der Waals surface area (Å²) in [6.07, 6.45) is 0.331. The van der Waals surface area contributed by atoms with Gasteiger partial charge < -0.3 is 14.6 Å². The highest BCUT2D eigenvalue weighted by Crippen LogP contribution is 2.44. The quantitative estimate of drug-likeness (QED) is 0.273. The number of fused-ring (bicyclic) bond motifs is 4. The molecule has 1 aliphatic carbocycles. The first-order valence-corrected chi connectivity index (χ1v) is 13.8. The van der Waals surface area contributed by atoms with Gasteiger partial charge in [0.2, 0.25) is 0 Å². The molecule has 1 aromatic heterocycles. The predicted molar refractivity (Wildman–Crippen MR) is 156 cm³/mol. The Morgan fingerprint density at radius 3 is 2.10 bits per heavy atom. The minimum Gasteiger partial charge on any atom is -0.480 e. The number of carboxylic acid groups (broad SMARTS) is 1. The first kappa shape index (κ1) is 28.0. The van der Waals surface area contributed by atoms with Crippen molar-refractivity contribution in [1.82, 2.24) is 9.47 Å². The molecule has 0 bridgehead atoms. The summed E-state index contributed by atoms with van der Waals surface area (Å²) in [6, 6.07) is 22.1. The minimum absolute atomic E-state index is 0.0102. The van der Waals surface area contributed by atoms with Gasteiger partial charge in [-0.3, -0.25) is 9.47 Å². The van der Waals surface area contributed by atoms with Crippen LogP contribution in [0.15, 0.2) is 79.0 Å². The van der Waals surface area contributed by atoms with Crippen molar-refractivity contribution in [3.05, 3.63) is 95.7 Å². The predicted octanol–water partition coefficient (Wildman–Crippen LogP) is 6.69.